The minimum atomic E-state index is -0.802. The highest BCUT2D eigenvalue weighted by atomic mass is 32.1. The molecule has 4 aromatic rings. The Hall–Kier alpha value is -3.49. The van der Waals surface area contributed by atoms with E-state index in [2.05, 4.69) is 18.0 Å². The first kappa shape index (κ1) is 22.3. The second-order valence-electron chi connectivity index (χ2n) is 7.80. The summed E-state index contributed by atoms with van der Waals surface area (Å²) in [6.45, 7) is 4.52. The van der Waals surface area contributed by atoms with Crippen molar-refractivity contribution in [2.45, 2.75) is 26.3 Å². The molecule has 1 amide bonds. The van der Waals surface area contributed by atoms with Gasteiger partial charge in [-0.25, -0.2) is 4.98 Å². The van der Waals surface area contributed by atoms with Crippen molar-refractivity contribution < 1.29 is 19.4 Å². The number of Topliss-reactive ketones (excluding diaryl/α,β-unsaturated/α-hetero) is 1. The normalized spacial score (nSPS) is 16.0. The zero-order valence-corrected chi connectivity index (χ0v) is 20.3. The van der Waals surface area contributed by atoms with Gasteiger partial charge in [-0.2, -0.15) is 0 Å². The highest BCUT2D eigenvalue weighted by Gasteiger charge is 2.46. The number of rotatable bonds is 7. The van der Waals surface area contributed by atoms with E-state index in [0.717, 1.165) is 16.6 Å². The zero-order valence-electron chi connectivity index (χ0n) is 18.6. The Balaban J connectivity index is 1.64. The lowest BCUT2D eigenvalue weighted by Gasteiger charge is -2.24. The molecule has 0 spiro atoms. The number of aliphatic hydroxyl groups is 1. The zero-order chi connectivity index (χ0) is 23.8. The van der Waals surface area contributed by atoms with E-state index >= 15 is 0 Å². The van der Waals surface area contributed by atoms with Crippen molar-refractivity contribution in [3.63, 3.8) is 0 Å². The molecule has 1 atom stereocenters. The van der Waals surface area contributed by atoms with Crippen molar-refractivity contribution in [2.75, 3.05) is 11.5 Å². The summed E-state index contributed by atoms with van der Waals surface area (Å²) in [6, 6.07) is 15.9. The van der Waals surface area contributed by atoms with Crippen molar-refractivity contribution in [3.05, 3.63) is 87.3 Å². The minimum Gasteiger partial charge on any atom is -0.503 e. The number of thiazole rings is 1. The van der Waals surface area contributed by atoms with Crippen molar-refractivity contribution in [1.29, 1.82) is 0 Å². The van der Waals surface area contributed by atoms with Crippen molar-refractivity contribution in [2.24, 2.45) is 0 Å². The topological polar surface area (TPSA) is 79.7 Å². The summed E-state index contributed by atoms with van der Waals surface area (Å²) < 4.78 is 6.50. The quantitative estimate of drug-likeness (QED) is 0.317. The van der Waals surface area contributed by atoms with Gasteiger partial charge >= 0.3 is 0 Å². The second-order valence-corrected chi connectivity index (χ2v) is 9.76. The smallest absolute Gasteiger partial charge is 0.296 e. The van der Waals surface area contributed by atoms with Gasteiger partial charge < -0.3 is 9.84 Å². The number of ketones is 1. The number of amides is 1. The van der Waals surface area contributed by atoms with Crippen LogP contribution >= 0.6 is 22.7 Å². The summed E-state index contributed by atoms with van der Waals surface area (Å²) in [7, 11) is 0. The number of carbonyl (C=O) groups is 2. The van der Waals surface area contributed by atoms with E-state index in [-0.39, 0.29) is 11.4 Å². The van der Waals surface area contributed by atoms with Gasteiger partial charge in [-0.05, 0) is 60.2 Å². The van der Waals surface area contributed by atoms with Crippen LogP contribution in [0.5, 0.6) is 5.75 Å². The van der Waals surface area contributed by atoms with Crippen LogP contribution in [0, 0.1) is 0 Å². The molecule has 0 fully saturated rings. The summed E-state index contributed by atoms with van der Waals surface area (Å²) >= 11 is 2.65. The first-order valence-corrected chi connectivity index (χ1v) is 12.7. The number of anilines is 1. The molecule has 1 aliphatic rings. The Morgan fingerprint density at radius 3 is 2.62 bits per heavy atom. The van der Waals surface area contributed by atoms with E-state index in [4.69, 9.17) is 4.74 Å². The molecule has 1 N–H and O–H groups in total. The monoisotopic (exact) mass is 490 g/mol. The molecular weight excluding hydrogens is 468 g/mol. The first-order chi connectivity index (χ1) is 16.5. The number of thiophene rings is 1. The summed E-state index contributed by atoms with van der Waals surface area (Å²) in [5.41, 5.74) is 2.69. The average Bonchev–Trinajstić information content (AvgIpc) is 3.58. The molecule has 34 heavy (non-hydrogen) atoms. The van der Waals surface area contributed by atoms with Crippen LogP contribution in [0.25, 0.3) is 10.2 Å². The maximum Gasteiger partial charge on any atom is 0.296 e. The minimum absolute atomic E-state index is 0.0603. The first-order valence-electron chi connectivity index (χ1n) is 11.0. The number of benzene rings is 2. The molecule has 0 saturated carbocycles. The highest BCUT2D eigenvalue weighted by Crippen LogP contribution is 2.44. The van der Waals surface area contributed by atoms with Gasteiger partial charge in [0.05, 0.1) is 33.3 Å². The lowest BCUT2D eigenvalue weighted by atomic mass is 9.95. The van der Waals surface area contributed by atoms with Gasteiger partial charge in [0.25, 0.3) is 5.91 Å². The largest absolute Gasteiger partial charge is 0.503 e. The predicted octanol–water partition coefficient (Wildman–Crippen LogP) is 6.10. The van der Waals surface area contributed by atoms with Gasteiger partial charge in [0.1, 0.15) is 5.75 Å². The standard InChI is InChI=1S/C26H22N2O4S2/c1-3-15-7-12-18-20(14-15)34-26(27-18)28-22(16-8-10-17(11-9-16)32-4-2)21(24(30)25(28)31)23(29)19-6-5-13-33-19/h5-14,22,30H,3-4H2,1-2H3. The number of nitrogens with zero attached hydrogens (tertiary/aromatic N) is 2. The molecule has 5 rings (SSSR count). The third kappa shape index (κ3) is 3.78. The molecule has 2 aromatic carbocycles. The van der Waals surface area contributed by atoms with E-state index in [9.17, 15) is 14.7 Å². The van der Waals surface area contributed by atoms with Crippen LogP contribution in [-0.4, -0.2) is 28.4 Å². The molecular formula is C26H22N2O4S2. The van der Waals surface area contributed by atoms with Crippen molar-refractivity contribution >= 4 is 49.7 Å². The number of carbonyl (C=O) groups excluding carboxylic acids is 2. The third-order valence-corrected chi connectivity index (χ3v) is 7.65. The van der Waals surface area contributed by atoms with Crippen molar-refractivity contribution in [1.82, 2.24) is 4.98 Å². The van der Waals surface area contributed by atoms with Crippen LogP contribution in [0.3, 0.4) is 0 Å². The Morgan fingerprint density at radius 2 is 1.94 bits per heavy atom. The summed E-state index contributed by atoms with van der Waals surface area (Å²) in [5, 5.41) is 13.1. The lowest BCUT2D eigenvalue weighted by molar-refractivity contribution is -0.117. The van der Waals surface area contributed by atoms with E-state index in [0.29, 0.717) is 27.9 Å². The molecule has 8 heteroatoms. The van der Waals surface area contributed by atoms with Gasteiger partial charge in [-0.15, -0.1) is 11.3 Å². The summed E-state index contributed by atoms with van der Waals surface area (Å²) in [4.78, 5) is 33.4. The van der Waals surface area contributed by atoms with Gasteiger partial charge in [-0.3, -0.25) is 14.5 Å². The second kappa shape index (κ2) is 9.04. The molecule has 6 nitrogen and oxygen atoms in total. The number of aryl methyl sites for hydroxylation is 1. The van der Waals surface area contributed by atoms with Crippen LogP contribution in [0.4, 0.5) is 5.13 Å². The molecule has 172 valence electrons. The van der Waals surface area contributed by atoms with Crippen LogP contribution in [0.2, 0.25) is 0 Å². The number of ether oxygens (including phenoxy) is 1. The maximum atomic E-state index is 13.4. The molecule has 0 aliphatic carbocycles. The number of hydrogen-bond acceptors (Lipinski definition) is 7. The Bertz CT molecular complexity index is 1400. The van der Waals surface area contributed by atoms with Gasteiger partial charge in [0.2, 0.25) is 5.78 Å². The van der Waals surface area contributed by atoms with E-state index in [1.54, 1.807) is 29.6 Å². The Kier molecular flexibility index (Phi) is 5.93. The Labute approximate surface area is 204 Å². The Morgan fingerprint density at radius 1 is 1.15 bits per heavy atom. The fraction of sp³-hybridized carbons (Fsp3) is 0.192. The number of aromatic nitrogens is 1. The van der Waals surface area contributed by atoms with Crippen LogP contribution in [0.1, 0.15) is 40.7 Å². The summed E-state index contributed by atoms with van der Waals surface area (Å²) in [5.74, 6) is -0.843. The fourth-order valence-electron chi connectivity index (χ4n) is 4.08. The fourth-order valence-corrected chi connectivity index (χ4v) is 5.82. The predicted molar refractivity (Wildman–Crippen MR) is 135 cm³/mol. The highest BCUT2D eigenvalue weighted by molar-refractivity contribution is 7.22. The molecule has 0 radical (unpaired) electrons. The van der Waals surface area contributed by atoms with E-state index < -0.39 is 17.7 Å². The van der Waals surface area contributed by atoms with Gasteiger partial charge in [-0.1, -0.05) is 42.5 Å². The van der Waals surface area contributed by atoms with Crippen molar-refractivity contribution in [3.8, 4) is 5.75 Å². The molecule has 0 bridgehead atoms. The SMILES string of the molecule is CCOc1ccc(C2C(C(=O)c3cccs3)=C(O)C(=O)N2c2nc3ccc(CC)cc3s2)cc1. The average molecular weight is 491 g/mol. The molecule has 1 unspecified atom stereocenters. The lowest BCUT2D eigenvalue weighted by Crippen LogP contribution is -2.30. The molecule has 3 heterocycles. The number of fused-ring (bicyclic) bond motifs is 1. The number of aliphatic hydroxyl groups excluding tert-OH is 1. The molecule has 2 aromatic heterocycles. The molecule has 1 aliphatic heterocycles. The number of hydrogen-bond donors (Lipinski definition) is 1. The van der Waals surface area contributed by atoms with Gasteiger partial charge in [0.15, 0.2) is 10.9 Å². The van der Waals surface area contributed by atoms with Gasteiger partial charge in [0, 0.05) is 0 Å². The van der Waals surface area contributed by atoms with E-state index in [1.807, 2.05) is 31.2 Å². The van der Waals surface area contributed by atoms with Crippen LogP contribution in [0.15, 0.2) is 71.3 Å². The third-order valence-electron chi connectivity index (χ3n) is 5.76. The summed E-state index contributed by atoms with van der Waals surface area (Å²) in [6.07, 6.45) is 0.891. The molecule has 0 saturated heterocycles. The van der Waals surface area contributed by atoms with Crippen LogP contribution < -0.4 is 9.64 Å². The van der Waals surface area contributed by atoms with E-state index in [1.165, 1.54) is 33.1 Å². The van der Waals surface area contributed by atoms with Crippen LogP contribution in [-0.2, 0) is 11.2 Å². The maximum absolute atomic E-state index is 13.4.